The summed E-state index contributed by atoms with van der Waals surface area (Å²) in [6, 6.07) is 22.5. The van der Waals surface area contributed by atoms with Gasteiger partial charge in [0.05, 0.1) is 0 Å². The summed E-state index contributed by atoms with van der Waals surface area (Å²) in [5.74, 6) is 1.49. The summed E-state index contributed by atoms with van der Waals surface area (Å²) in [7, 11) is 0. The summed E-state index contributed by atoms with van der Waals surface area (Å²) in [6.45, 7) is 3.66. The van der Waals surface area contributed by atoms with Crippen molar-refractivity contribution in [1.82, 2.24) is 24.8 Å². The molecular weight excluding hydrogens is 560 g/mol. The average molecular weight is 595 g/mol. The molecule has 2 fully saturated rings. The number of carbonyl (C=O) groups is 2. The summed E-state index contributed by atoms with van der Waals surface area (Å²) in [5, 5.41) is 3.96. The Labute approximate surface area is 257 Å². The van der Waals surface area contributed by atoms with Crippen LogP contribution in [0.1, 0.15) is 64.8 Å². The summed E-state index contributed by atoms with van der Waals surface area (Å²) < 4.78 is 0. The molecule has 1 aromatic heterocycles. The molecule has 2 aliphatic heterocycles. The first kappa shape index (κ1) is 28.8. The van der Waals surface area contributed by atoms with Crippen molar-refractivity contribution in [3.63, 3.8) is 0 Å². The van der Waals surface area contributed by atoms with E-state index in [1.54, 1.807) is 0 Å². The number of piperidine rings is 2. The number of carbonyl (C=O) groups excluding carboxylic acids is 2. The Balaban J connectivity index is 1.28. The van der Waals surface area contributed by atoms with E-state index in [1.807, 2.05) is 82.6 Å². The molecule has 0 aliphatic carbocycles. The smallest absolute Gasteiger partial charge is 0.253 e. The van der Waals surface area contributed by atoms with E-state index in [0.717, 1.165) is 68.6 Å². The molecule has 0 unspecified atom stereocenters. The third-order valence-electron chi connectivity index (χ3n) is 8.10. The van der Waals surface area contributed by atoms with Crippen LogP contribution in [0.5, 0.6) is 0 Å². The lowest BCUT2D eigenvalue weighted by Crippen LogP contribution is -2.35. The number of hydrogen-bond donors (Lipinski definition) is 1. The van der Waals surface area contributed by atoms with E-state index in [0.29, 0.717) is 40.3 Å². The van der Waals surface area contributed by atoms with E-state index in [1.165, 1.54) is 12.8 Å². The molecule has 2 aliphatic rings. The Kier molecular flexibility index (Phi) is 8.93. The van der Waals surface area contributed by atoms with Crippen molar-refractivity contribution in [2.75, 3.05) is 31.5 Å². The normalized spacial score (nSPS) is 15.3. The maximum atomic E-state index is 13.0. The van der Waals surface area contributed by atoms with Crippen molar-refractivity contribution < 1.29 is 9.59 Å². The van der Waals surface area contributed by atoms with Gasteiger partial charge in [-0.1, -0.05) is 54.1 Å². The Hall–Kier alpha value is -4.30. The van der Waals surface area contributed by atoms with Crippen molar-refractivity contribution in [1.29, 1.82) is 0 Å². The van der Waals surface area contributed by atoms with Gasteiger partial charge in [-0.25, -0.2) is 4.98 Å². The highest BCUT2D eigenvalue weighted by molar-refractivity contribution is 6.31. The number of benzene rings is 3. The van der Waals surface area contributed by atoms with Gasteiger partial charge in [-0.15, -0.1) is 0 Å². The molecule has 0 spiro atoms. The zero-order chi connectivity index (χ0) is 29.6. The number of likely N-dealkylation sites (tertiary alicyclic amines) is 2. The van der Waals surface area contributed by atoms with Crippen LogP contribution >= 0.6 is 11.6 Å². The van der Waals surface area contributed by atoms with Gasteiger partial charge in [0.25, 0.3) is 11.8 Å². The molecule has 3 aromatic carbocycles. The highest BCUT2D eigenvalue weighted by Crippen LogP contribution is 2.25. The maximum Gasteiger partial charge on any atom is 0.253 e. The second kappa shape index (κ2) is 13.3. The number of nitrogens with zero attached hydrogens (tertiary/aromatic N) is 5. The number of amides is 2. The van der Waals surface area contributed by atoms with Crippen molar-refractivity contribution in [3.05, 3.63) is 94.5 Å². The van der Waals surface area contributed by atoms with Crippen molar-refractivity contribution in [2.24, 2.45) is 0 Å². The van der Waals surface area contributed by atoms with Gasteiger partial charge in [0, 0.05) is 60.0 Å². The molecule has 6 rings (SSSR count). The molecule has 4 aromatic rings. The quantitative estimate of drug-likeness (QED) is 0.255. The molecule has 43 heavy (non-hydrogen) atoms. The van der Waals surface area contributed by atoms with Crippen LogP contribution in [0, 0.1) is 0 Å². The first-order chi connectivity index (χ1) is 21.0. The van der Waals surface area contributed by atoms with Gasteiger partial charge >= 0.3 is 0 Å². The van der Waals surface area contributed by atoms with Crippen molar-refractivity contribution in [3.8, 4) is 22.8 Å². The summed E-state index contributed by atoms with van der Waals surface area (Å²) in [6.07, 6.45) is 6.55. The SMILES string of the molecule is O=C(c1ccc(-c2nc(NCc3ccccc3Cl)nc(-c3ccc(C(=O)N4CCCCC4)cc3)n2)cc1)N1CCCCC1. The number of halogens is 1. The molecule has 9 heteroatoms. The van der Waals surface area contributed by atoms with Gasteiger partial charge in [0.15, 0.2) is 11.6 Å². The molecule has 220 valence electrons. The molecule has 0 bridgehead atoms. The van der Waals surface area contributed by atoms with Crippen LogP contribution in [-0.2, 0) is 6.54 Å². The number of rotatable bonds is 7. The van der Waals surface area contributed by atoms with Gasteiger partial charge in [-0.05, 0) is 74.4 Å². The fourth-order valence-corrected chi connectivity index (χ4v) is 5.81. The van der Waals surface area contributed by atoms with E-state index in [2.05, 4.69) is 5.32 Å². The number of aromatic nitrogens is 3. The summed E-state index contributed by atoms with van der Waals surface area (Å²) >= 11 is 6.38. The van der Waals surface area contributed by atoms with Crippen molar-refractivity contribution >= 4 is 29.4 Å². The topological polar surface area (TPSA) is 91.3 Å². The second-order valence-corrected chi connectivity index (χ2v) is 11.5. The molecule has 2 amide bonds. The monoisotopic (exact) mass is 594 g/mol. The minimum Gasteiger partial charge on any atom is -0.350 e. The first-order valence-corrected chi connectivity index (χ1v) is 15.5. The van der Waals surface area contributed by atoms with Gasteiger partial charge in [-0.3, -0.25) is 9.59 Å². The van der Waals surface area contributed by atoms with Crippen LogP contribution in [0.25, 0.3) is 22.8 Å². The Morgan fingerprint density at radius 2 is 1.09 bits per heavy atom. The summed E-state index contributed by atoms with van der Waals surface area (Å²) in [5.41, 5.74) is 3.79. The van der Waals surface area contributed by atoms with Crippen LogP contribution in [0.3, 0.4) is 0 Å². The van der Waals surface area contributed by atoms with Gasteiger partial charge in [0.1, 0.15) is 0 Å². The number of anilines is 1. The lowest BCUT2D eigenvalue weighted by atomic mass is 10.1. The van der Waals surface area contributed by atoms with Crippen LogP contribution in [0.15, 0.2) is 72.8 Å². The highest BCUT2D eigenvalue weighted by atomic mass is 35.5. The molecular formula is C34H35ClN6O2. The standard InChI is InChI=1S/C34H35ClN6O2/c35-29-10-4-3-9-28(29)23-36-34-38-30(24-11-15-26(16-12-24)32(42)40-19-5-1-6-20-40)37-31(39-34)25-13-17-27(18-14-25)33(43)41-21-7-2-8-22-41/h3-4,9-18H,1-2,5-8,19-23H2,(H,36,37,38,39). The predicted octanol–water partition coefficient (Wildman–Crippen LogP) is 6.72. The second-order valence-electron chi connectivity index (χ2n) is 11.1. The number of nitrogens with one attached hydrogen (secondary N) is 1. The fourth-order valence-electron chi connectivity index (χ4n) is 5.61. The van der Waals surface area contributed by atoms with Crippen LogP contribution in [-0.4, -0.2) is 62.7 Å². The largest absolute Gasteiger partial charge is 0.350 e. The fraction of sp³-hybridized carbons (Fsp3) is 0.324. The average Bonchev–Trinajstić information content (AvgIpc) is 3.08. The molecule has 0 atom stereocenters. The zero-order valence-corrected chi connectivity index (χ0v) is 24.9. The highest BCUT2D eigenvalue weighted by Gasteiger charge is 2.20. The van der Waals surface area contributed by atoms with Crippen LogP contribution < -0.4 is 5.32 Å². The lowest BCUT2D eigenvalue weighted by Gasteiger charge is -2.26. The lowest BCUT2D eigenvalue weighted by molar-refractivity contribution is 0.0717. The molecule has 8 nitrogen and oxygen atoms in total. The Morgan fingerprint density at radius 3 is 1.56 bits per heavy atom. The minimum absolute atomic E-state index is 0.0591. The van der Waals surface area contributed by atoms with Crippen molar-refractivity contribution in [2.45, 2.75) is 45.1 Å². The van der Waals surface area contributed by atoms with E-state index in [9.17, 15) is 9.59 Å². The van der Waals surface area contributed by atoms with E-state index < -0.39 is 0 Å². The van der Waals surface area contributed by atoms with E-state index in [4.69, 9.17) is 26.6 Å². The molecule has 0 saturated carbocycles. The maximum absolute atomic E-state index is 13.0. The zero-order valence-electron chi connectivity index (χ0n) is 24.1. The van der Waals surface area contributed by atoms with Gasteiger partial charge in [0.2, 0.25) is 5.95 Å². The van der Waals surface area contributed by atoms with E-state index >= 15 is 0 Å². The van der Waals surface area contributed by atoms with Crippen LogP contribution in [0.4, 0.5) is 5.95 Å². The third-order valence-corrected chi connectivity index (χ3v) is 8.47. The van der Waals surface area contributed by atoms with Gasteiger partial charge < -0.3 is 15.1 Å². The molecule has 2 saturated heterocycles. The summed E-state index contributed by atoms with van der Waals surface area (Å²) in [4.78, 5) is 44.1. The van der Waals surface area contributed by atoms with Gasteiger partial charge in [-0.2, -0.15) is 9.97 Å². The molecule has 0 radical (unpaired) electrons. The minimum atomic E-state index is 0.0591. The molecule has 3 heterocycles. The number of hydrogen-bond acceptors (Lipinski definition) is 6. The predicted molar refractivity (Wildman–Crippen MR) is 169 cm³/mol. The Bertz CT molecular complexity index is 1490. The van der Waals surface area contributed by atoms with Crippen LogP contribution in [0.2, 0.25) is 5.02 Å². The first-order valence-electron chi connectivity index (χ1n) is 15.1. The molecule has 1 N–H and O–H groups in total. The Morgan fingerprint density at radius 1 is 0.628 bits per heavy atom. The van der Waals surface area contributed by atoms with E-state index in [-0.39, 0.29) is 11.8 Å². The third kappa shape index (κ3) is 6.86.